The van der Waals surface area contributed by atoms with Crippen LogP contribution in [0.25, 0.3) is 11.0 Å². The number of aromatic nitrogens is 2. The summed E-state index contributed by atoms with van der Waals surface area (Å²) < 4.78 is 2.02. The molecule has 0 aliphatic carbocycles. The Morgan fingerprint density at radius 3 is 2.67 bits per heavy atom. The molecule has 1 unspecified atom stereocenters. The maximum Gasteiger partial charge on any atom is 0.239 e. The van der Waals surface area contributed by atoms with Gasteiger partial charge in [-0.05, 0) is 38.7 Å². The maximum atomic E-state index is 11.5. The van der Waals surface area contributed by atoms with Crippen molar-refractivity contribution in [3.63, 3.8) is 0 Å². The summed E-state index contributed by atoms with van der Waals surface area (Å²) in [5, 5.41) is 0. The first-order chi connectivity index (χ1) is 8.41. The van der Waals surface area contributed by atoms with Gasteiger partial charge in [0, 0.05) is 7.05 Å². The van der Waals surface area contributed by atoms with Crippen LogP contribution < -0.4 is 5.73 Å². The minimum Gasteiger partial charge on any atom is -0.368 e. The van der Waals surface area contributed by atoms with E-state index in [4.69, 9.17) is 5.73 Å². The van der Waals surface area contributed by atoms with Crippen LogP contribution in [0.15, 0.2) is 18.2 Å². The second-order valence-corrected chi connectivity index (χ2v) is 4.73. The topological polar surface area (TPSA) is 64.2 Å². The van der Waals surface area contributed by atoms with Crippen LogP contribution in [0.1, 0.15) is 17.4 Å². The Balaban J connectivity index is 2.55. The monoisotopic (exact) mass is 246 g/mol. The van der Waals surface area contributed by atoms with E-state index in [1.165, 1.54) is 0 Å². The van der Waals surface area contributed by atoms with Gasteiger partial charge in [0.2, 0.25) is 5.91 Å². The van der Waals surface area contributed by atoms with E-state index in [0.29, 0.717) is 0 Å². The standard InChI is InChI=1S/C13H18N4O/c1-8-15-10-7-9(5-6-11(10)17(8)4)12(13(14)18)16(2)3/h5-7,12H,1-4H3,(H2,14,18). The number of benzene rings is 1. The van der Waals surface area contributed by atoms with Crippen molar-refractivity contribution in [1.29, 1.82) is 0 Å². The molecule has 1 aromatic carbocycles. The minimum atomic E-state index is -0.420. The Morgan fingerprint density at radius 2 is 2.11 bits per heavy atom. The normalized spacial score (nSPS) is 13.2. The Morgan fingerprint density at radius 1 is 1.44 bits per heavy atom. The highest BCUT2D eigenvalue weighted by Gasteiger charge is 2.20. The molecule has 1 atom stereocenters. The highest BCUT2D eigenvalue weighted by Crippen LogP contribution is 2.23. The van der Waals surface area contributed by atoms with Gasteiger partial charge in [0.15, 0.2) is 0 Å². The lowest BCUT2D eigenvalue weighted by Crippen LogP contribution is -2.32. The lowest BCUT2D eigenvalue weighted by atomic mass is 10.0. The van der Waals surface area contributed by atoms with E-state index in [0.717, 1.165) is 22.4 Å². The molecule has 0 saturated heterocycles. The van der Waals surface area contributed by atoms with Crippen molar-refractivity contribution < 1.29 is 4.79 Å². The zero-order chi connectivity index (χ0) is 13.4. The third kappa shape index (κ3) is 1.97. The van der Waals surface area contributed by atoms with Crippen molar-refractivity contribution in [1.82, 2.24) is 14.5 Å². The summed E-state index contributed by atoms with van der Waals surface area (Å²) in [5.74, 6) is 0.592. The summed E-state index contributed by atoms with van der Waals surface area (Å²) in [6.07, 6.45) is 0. The molecule has 2 N–H and O–H groups in total. The van der Waals surface area contributed by atoms with Crippen LogP contribution in [0.2, 0.25) is 0 Å². The van der Waals surface area contributed by atoms with Crippen LogP contribution in [-0.2, 0) is 11.8 Å². The number of hydrogen-bond donors (Lipinski definition) is 1. The summed E-state index contributed by atoms with van der Waals surface area (Å²) >= 11 is 0. The highest BCUT2D eigenvalue weighted by atomic mass is 16.1. The number of fused-ring (bicyclic) bond motifs is 1. The van der Waals surface area contributed by atoms with Gasteiger partial charge in [-0.2, -0.15) is 0 Å². The van der Waals surface area contributed by atoms with Crippen molar-refractivity contribution in [3.8, 4) is 0 Å². The Hall–Kier alpha value is -1.88. The van der Waals surface area contributed by atoms with Crippen molar-refractivity contribution in [2.45, 2.75) is 13.0 Å². The average molecular weight is 246 g/mol. The van der Waals surface area contributed by atoms with Gasteiger partial charge >= 0.3 is 0 Å². The van der Waals surface area contributed by atoms with Gasteiger partial charge in [0.1, 0.15) is 11.9 Å². The van der Waals surface area contributed by atoms with Crippen LogP contribution in [0.4, 0.5) is 0 Å². The van der Waals surface area contributed by atoms with Crippen molar-refractivity contribution >= 4 is 16.9 Å². The Labute approximate surface area is 106 Å². The van der Waals surface area contributed by atoms with E-state index in [1.807, 2.05) is 50.8 Å². The van der Waals surface area contributed by atoms with Gasteiger partial charge in [-0.25, -0.2) is 4.98 Å². The van der Waals surface area contributed by atoms with Gasteiger partial charge in [-0.15, -0.1) is 0 Å². The largest absolute Gasteiger partial charge is 0.368 e. The van der Waals surface area contributed by atoms with E-state index in [1.54, 1.807) is 4.90 Å². The summed E-state index contributed by atoms with van der Waals surface area (Å²) in [7, 11) is 5.65. The lowest BCUT2D eigenvalue weighted by molar-refractivity contribution is -0.122. The number of nitrogens with zero attached hydrogens (tertiary/aromatic N) is 3. The number of carbonyl (C=O) groups is 1. The number of carbonyl (C=O) groups excluding carboxylic acids is 1. The maximum absolute atomic E-state index is 11.5. The van der Waals surface area contributed by atoms with Gasteiger partial charge < -0.3 is 10.3 Å². The van der Waals surface area contributed by atoms with E-state index >= 15 is 0 Å². The number of amides is 1. The molecule has 0 radical (unpaired) electrons. The lowest BCUT2D eigenvalue weighted by Gasteiger charge is -2.21. The summed E-state index contributed by atoms with van der Waals surface area (Å²) in [4.78, 5) is 17.8. The predicted molar refractivity (Wildman–Crippen MR) is 71.1 cm³/mol. The molecule has 0 aliphatic rings. The van der Waals surface area contributed by atoms with Gasteiger partial charge in [0.05, 0.1) is 11.0 Å². The number of rotatable bonds is 3. The summed E-state index contributed by atoms with van der Waals surface area (Å²) in [6, 6.07) is 5.41. The average Bonchev–Trinajstić information content (AvgIpc) is 2.53. The molecule has 2 rings (SSSR count). The van der Waals surface area contributed by atoms with Crippen LogP contribution in [-0.4, -0.2) is 34.5 Å². The smallest absolute Gasteiger partial charge is 0.239 e. The number of nitrogens with two attached hydrogens (primary N) is 1. The molecule has 0 aliphatic heterocycles. The molecule has 5 heteroatoms. The molecule has 0 fully saturated rings. The van der Waals surface area contributed by atoms with E-state index < -0.39 is 6.04 Å². The summed E-state index contributed by atoms with van der Waals surface area (Å²) in [5.41, 5.74) is 8.26. The Bertz CT molecular complexity index is 600. The van der Waals surface area contributed by atoms with Crippen LogP contribution in [0, 0.1) is 6.92 Å². The van der Waals surface area contributed by atoms with E-state index in [-0.39, 0.29) is 5.91 Å². The fraction of sp³-hybridized carbons (Fsp3) is 0.385. The van der Waals surface area contributed by atoms with Crippen LogP contribution in [0.5, 0.6) is 0 Å². The van der Waals surface area contributed by atoms with E-state index in [2.05, 4.69) is 4.98 Å². The molecule has 5 nitrogen and oxygen atoms in total. The molecule has 96 valence electrons. The fourth-order valence-corrected chi connectivity index (χ4v) is 2.22. The predicted octanol–water partition coefficient (Wildman–Crippen LogP) is 0.970. The first-order valence-corrected chi connectivity index (χ1v) is 5.80. The van der Waals surface area contributed by atoms with Gasteiger partial charge in [-0.3, -0.25) is 9.69 Å². The molecule has 0 saturated carbocycles. The van der Waals surface area contributed by atoms with Crippen molar-refractivity contribution in [2.75, 3.05) is 14.1 Å². The second kappa shape index (κ2) is 4.42. The summed E-state index contributed by atoms with van der Waals surface area (Å²) in [6.45, 7) is 1.96. The molecular formula is C13H18N4O. The van der Waals surface area contributed by atoms with Crippen molar-refractivity contribution in [3.05, 3.63) is 29.6 Å². The molecule has 1 amide bonds. The zero-order valence-electron chi connectivity index (χ0n) is 11.1. The number of hydrogen-bond acceptors (Lipinski definition) is 3. The second-order valence-electron chi connectivity index (χ2n) is 4.73. The number of imidazole rings is 1. The highest BCUT2D eigenvalue weighted by molar-refractivity contribution is 5.84. The molecule has 0 bridgehead atoms. The number of likely N-dealkylation sites (N-methyl/N-ethyl adjacent to an activating group) is 1. The first kappa shape index (κ1) is 12.6. The number of primary amides is 1. The third-order valence-electron chi connectivity index (χ3n) is 3.23. The number of aryl methyl sites for hydroxylation is 2. The minimum absolute atomic E-state index is 0.355. The quantitative estimate of drug-likeness (QED) is 0.877. The fourth-order valence-electron chi connectivity index (χ4n) is 2.22. The molecule has 0 spiro atoms. The van der Waals surface area contributed by atoms with Crippen molar-refractivity contribution in [2.24, 2.45) is 12.8 Å². The molecule has 1 heterocycles. The molecule has 2 aromatic rings. The van der Waals surface area contributed by atoms with E-state index in [9.17, 15) is 4.79 Å². The molecule has 1 aromatic heterocycles. The van der Waals surface area contributed by atoms with Crippen LogP contribution >= 0.6 is 0 Å². The third-order valence-corrected chi connectivity index (χ3v) is 3.23. The first-order valence-electron chi connectivity index (χ1n) is 5.80. The Kier molecular flexibility index (Phi) is 3.09. The van der Waals surface area contributed by atoms with Gasteiger partial charge in [0.25, 0.3) is 0 Å². The van der Waals surface area contributed by atoms with Gasteiger partial charge in [-0.1, -0.05) is 6.07 Å². The molecular weight excluding hydrogens is 228 g/mol. The zero-order valence-corrected chi connectivity index (χ0v) is 11.1. The SMILES string of the molecule is Cc1nc2cc(C(C(N)=O)N(C)C)ccc2n1C. The van der Waals surface area contributed by atoms with Crippen LogP contribution in [0.3, 0.4) is 0 Å². The molecule has 18 heavy (non-hydrogen) atoms.